The van der Waals surface area contributed by atoms with Gasteiger partial charge < -0.3 is 16.0 Å². The molecule has 0 unspecified atom stereocenters. The molecule has 1 aliphatic rings. The van der Waals surface area contributed by atoms with Crippen LogP contribution in [0.4, 0.5) is 0 Å². The number of nitrogens with two attached hydrogens (primary N) is 1. The third kappa shape index (κ3) is 2.33. The SMILES string of the molecule is NC1(C(=O)NCc2nc3ccccc3[nH]2)CCCC1. The maximum Gasteiger partial charge on any atom is 0.240 e. The average Bonchev–Trinajstić information content (AvgIpc) is 3.02. The molecule has 5 heteroatoms. The van der Waals surface area contributed by atoms with Gasteiger partial charge in [0, 0.05) is 0 Å². The van der Waals surface area contributed by atoms with E-state index in [2.05, 4.69) is 15.3 Å². The molecule has 1 aromatic carbocycles. The third-order valence-corrected chi connectivity index (χ3v) is 3.80. The van der Waals surface area contributed by atoms with E-state index in [-0.39, 0.29) is 5.91 Å². The Labute approximate surface area is 111 Å². The fourth-order valence-electron chi connectivity index (χ4n) is 2.66. The van der Waals surface area contributed by atoms with Gasteiger partial charge in [0.05, 0.1) is 23.1 Å². The Morgan fingerprint density at radius 1 is 1.37 bits per heavy atom. The standard InChI is InChI=1S/C14H18N4O/c15-14(7-3-4-8-14)13(19)16-9-12-17-10-5-1-2-6-11(10)18-12/h1-2,5-6H,3-4,7-9,15H2,(H,16,19)(H,17,18). The van der Waals surface area contributed by atoms with Crippen LogP contribution in [-0.4, -0.2) is 21.4 Å². The van der Waals surface area contributed by atoms with Crippen molar-refractivity contribution in [3.63, 3.8) is 0 Å². The van der Waals surface area contributed by atoms with Crippen LogP contribution in [0.1, 0.15) is 31.5 Å². The van der Waals surface area contributed by atoms with E-state index in [0.29, 0.717) is 6.54 Å². The van der Waals surface area contributed by atoms with Crippen molar-refractivity contribution in [1.29, 1.82) is 0 Å². The molecule has 0 bridgehead atoms. The summed E-state index contributed by atoms with van der Waals surface area (Å²) in [5.74, 6) is 0.696. The minimum atomic E-state index is -0.675. The molecule has 2 aromatic rings. The number of fused-ring (bicyclic) bond motifs is 1. The number of aromatic nitrogens is 2. The van der Waals surface area contributed by atoms with E-state index in [9.17, 15) is 4.79 Å². The minimum absolute atomic E-state index is 0.0644. The van der Waals surface area contributed by atoms with Crippen LogP contribution in [0.3, 0.4) is 0 Å². The highest BCUT2D eigenvalue weighted by atomic mass is 16.2. The van der Waals surface area contributed by atoms with Crippen LogP contribution in [0.25, 0.3) is 11.0 Å². The summed E-state index contributed by atoms with van der Waals surface area (Å²) in [6.07, 6.45) is 3.63. The molecule has 0 atom stereocenters. The van der Waals surface area contributed by atoms with E-state index in [1.165, 1.54) is 0 Å². The van der Waals surface area contributed by atoms with Gasteiger partial charge in [-0.2, -0.15) is 0 Å². The Kier molecular flexibility index (Phi) is 2.98. The quantitative estimate of drug-likeness (QED) is 0.779. The van der Waals surface area contributed by atoms with Gasteiger partial charge in [-0.25, -0.2) is 4.98 Å². The van der Waals surface area contributed by atoms with Gasteiger partial charge in [0.2, 0.25) is 5.91 Å². The van der Waals surface area contributed by atoms with Gasteiger partial charge in [-0.05, 0) is 25.0 Å². The summed E-state index contributed by atoms with van der Waals surface area (Å²) in [4.78, 5) is 19.7. The van der Waals surface area contributed by atoms with Crippen LogP contribution < -0.4 is 11.1 Å². The van der Waals surface area contributed by atoms with Gasteiger partial charge in [-0.3, -0.25) is 4.79 Å². The van der Waals surface area contributed by atoms with Crippen LogP contribution in [0.5, 0.6) is 0 Å². The third-order valence-electron chi connectivity index (χ3n) is 3.80. The number of aromatic amines is 1. The first-order valence-electron chi connectivity index (χ1n) is 6.68. The fourth-order valence-corrected chi connectivity index (χ4v) is 2.66. The second-order valence-corrected chi connectivity index (χ2v) is 5.25. The summed E-state index contributed by atoms with van der Waals surface area (Å²) < 4.78 is 0. The lowest BCUT2D eigenvalue weighted by Crippen LogP contribution is -2.51. The van der Waals surface area contributed by atoms with Crippen LogP contribution in [0.15, 0.2) is 24.3 Å². The average molecular weight is 258 g/mol. The molecule has 5 nitrogen and oxygen atoms in total. The molecule has 1 fully saturated rings. The van der Waals surface area contributed by atoms with Crippen molar-refractivity contribution in [2.75, 3.05) is 0 Å². The van der Waals surface area contributed by atoms with E-state index in [1.54, 1.807) is 0 Å². The van der Waals surface area contributed by atoms with Gasteiger partial charge in [-0.15, -0.1) is 0 Å². The molecule has 0 radical (unpaired) electrons. The highest BCUT2D eigenvalue weighted by molar-refractivity contribution is 5.86. The van der Waals surface area contributed by atoms with E-state index in [1.807, 2.05) is 24.3 Å². The minimum Gasteiger partial charge on any atom is -0.347 e. The van der Waals surface area contributed by atoms with E-state index < -0.39 is 5.54 Å². The molecule has 3 rings (SSSR count). The van der Waals surface area contributed by atoms with Crippen molar-refractivity contribution in [2.45, 2.75) is 37.8 Å². The molecule has 100 valence electrons. The second kappa shape index (κ2) is 4.66. The Hall–Kier alpha value is -1.88. The molecule has 1 amide bonds. The molecule has 4 N–H and O–H groups in total. The van der Waals surface area contributed by atoms with Gasteiger partial charge in [-0.1, -0.05) is 25.0 Å². The van der Waals surface area contributed by atoms with E-state index in [0.717, 1.165) is 42.5 Å². The fraction of sp³-hybridized carbons (Fsp3) is 0.429. The number of hydrogen-bond donors (Lipinski definition) is 3. The number of para-hydroxylation sites is 2. The lowest BCUT2D eigenvalue weighted by molar-refractivity contribution is -0.126. The highest BCUT2D eigenvalue weighted by Crippen LogP contribution is 2.27. The van der Waals surface area contributed by atoms with Gasteiger partial charge in [0.1, 0.15) is 5.82 Å². The number of hydrogen-bond acceptors (Lipinski definition) is 3. The predicted molar refractivity (Wildman–Crippen MR) is 73.3 cm³/mol. The monoisotopic (exact) mass is 258 g/mol. The largest absolute Gasteiger partial charge is 0.347 e. The van der Waals surface area contributed by atoms with Crippen LogP contribution in [0.2, 0.25) is 0 Å². The molecule has 0 spiro atoms. The van der Waals surface area contributed by atoms with E-state index in [4.69, 9.17) is 5.73 Å². The number of nitrogens with one attached hydrogen (secondary N) is 2. The van der Waals surface area contributed by atoms with Crippen molar-refractivity contribution >= 4 is 16.9 Å². The molecule has 1 aliphatic carbocycles. The first-order valence-corrected chi connectivity index (χ1v) is 6.68. The maximum absolute atomic E-state index is 12.1. The molecule has 0 aliphatic heterocycles. The molecule has 1 aromatic heterocycles. The van der Waals surface area contributed by atoms with Crippen molar-refractivity contribution in [3.05, 3.63) is 30.1 Å². The summed E-state index contributed by atoms with van der Waals surface area (Å²) >= 11 is 0. The smallest absolute Gasteiger partial charge is 0.240 e. The van der Waals surface area contributed by atoms with Gasteiger partial charge in [0.15, 0.2) is 0 Å². The topological polar surface area (TPSA) is 83.8 Å². The van der Waals surface area contributed by atoms with Gasteiger partial charge in [0.25, 0.3) is 0 Å². The van der Waals surface area contributed by atoms with E-state index >= 15 is 0 Å². The van der Waals surface area contributed by atoms with Crippen LogP contribution in [-0.2, 0) is 11.3 Å². The first kappa shape index (κ1) is 12.2. The number of nitrogens with zero attached hydrogens (tertiary/aromatic N) is 1. The number of carbonyl (C=O) groups is 1. The zero-order valence-electron chi connectivity index (χ0n) is 10.8. The lowest BCUT2D eigenvalue weighted by Gasteiger charge is -2.21. The zero-order valence-corrected chi connectivity index (χ0v) is 10.8. The van der Waals surface area contributed by atoms with Crippen molar-refractivity contribution < 1.29 is 4.79 Å². The Morgan fingerprint density at radius 3 is 2.84 bits per heavy atom. The van der Waals surface area contributed by atoms with Gasteiger partial charge >= 0.3 is 0 Å². The molecule has 1 saturated carbocycles. The zero-order chi connectivity index (χ0) is 13.3. The summed E-state index contributed by atoms with van der Waals surface area (Å²) in [5, 5.41) is 2.88. The van der Waals surface area contributed by atoms with Crippen LogP contribution >= 0.6 is 0 Å². The Bertz CT molecular complexity index is 565. The number of benzene rings is 1. The number of amides is 1. The predicted octanol–water partition coefficient (Wildman–Crippen LogP) is 1.45. The number of H-pyrrole nitrogens is 1. The normalized spacial score (nSPS) is 17.7. The van der Waals surface area contributed by atoms with Crippen LogP contribution in [0, 0.1) is 0 Å². The van der Waals surface area contributed by atoms with Crippen molar-refractivity contribution in [3.8, 4) is 0 Å². The number of carbonyl (C=O) groups excluding carboxylic acids is 1. The summed E-state index contributed by atoms with van der Waals surface area (Å²) in [5.41, 5.74) is 7.32. The number of imidazole rings is 1. The molecular formula is C14H18N4O. The highest BCUT2D eigenvalue weighted by Gasteiger charge is 2.36. The van der Waals surface area contributed by atoms with Crippen molar-refractivity contribution in [2.24, 2.45) is 5.73 Å². The summed E-state index contributed by atoms with van der Waals surface area (Å²) in [6.45, 7) is 0.395. The lowest BCUT2D eigenvalue weighted by atomic mass is 9.98. The summed E-state index contributed by atoms with van der Waals surface area (Å²) in [6, 6.07) is 7.81. The second-order valence-electron chi connectivity index (χ2n) is 5.25. The number of rotatable bonds is 3. The summed E-state index contributed by atoms with van der Waals surface area (Å²) in [7, 11) is 0. The molecule has 19 heavy (non-hydrogen) atoms. The maximum atomic E-state index is 12.1. The molecular weight excluding hydrogens is 240 g/mol. The first-order chi connectivity index (χ1) is 9.17. The van der Waals surface area contributed by atoms with Crippen molar-refractivity contribution in [1.82, 2.24) is 15.3 Å². The molecule has 0 saturated heterocycles. The Morgan fingerprint density at radius 2 is 2.11 bits per heavy atom. The molecule has 1 heterocycles. The Balaban J connectivity index is 1.67.